The Hall–Kier alpha value is -1.65. The Morgan fingerprint density at radius 1 is 1.24 bits per heavy atom. The van der Waals surface area contributed by atoms with Crippen LogP contribution in [0, 0.1) is 0 Å². The van der Waals surface area contributed by atoms with Crippen LogP contribution in [0.25, 0.3) is 10.1 Å². The summed E-state index contributed by atoms with van der Waals surface area (Å²) in [6.07, 6.45) is 3.02. The minimum Gasteiger partial charge on any atom is -0.304 e. The summed E-state index contributed by atoms with van der Waals surface area (Å²) < 4.78 is 3.43. The molecule has 1 atom stereocenters. The van der Waals surface area contributed by atoms with Crippen LogP contribution in [0.15, 0.2) is 42.6 Å². The van der Waals surface area contributed by atoms with E-state index in [1.54, 1.807) is 0 Å². The molecule has 2 aromatic heterocycles. The van der Waals surface area contributed by atoms with E-state index in [0.717, 1.165) is 19.5 Å². The van der Waals surface area contributed by atoms with Crippen molar-refractivity contribution in [3.63, 3.8) is 0 Å². The van der Waals surface area contributed by atoms with E-state index in [1.165, 1.54) is 20.7 Å². The average Bonchev–Trinajstić information content (AvgIpc) is 3.14. The minimum absolute atomic E-state index is 0.227. The minimum atomic E-state index is 0.227. The molecular formula is C17H21N3S. The third kappa shape index (κ3) is 2.87. The van der Waals surface area contributed by atoms with Gasteiger partial charge in [-0.15, -0.1) is 11.3 Å². The van der Waals surface area contributed by atoms with Crippen molar-refractivity contribution in [3.05, 3.63) is 53.2 Å². The quantitative estimate of drug-likeness (QED) is 0.739. The van der Waals surface area contributed by atoms with Crippen LogP contribution in [0.2, 0.25) is 0 Å². The number of nitrogens with zero attached hydrogens (tertiary/aromatic N) is 2. The highest BCUT2D eigenvalue weighted by Gasteiger charge is 2.19. The lowest BCUT2D eigenvalue weighted by Crippen LogP contribution is -2.25. The molecule has 0 aliphatic rings. The number of benzene rings is 1. The summed E-state index contributed by atoms with van der Waals surface area (Å²) in [4.78, 5) is 1.36. The third-order valence-corrected chi connectivity index (χ3v) is 4.85. The lowest BCUT2D eigenvalue weighted by Gasteiger charge is -2.18. The van der Waals surface area contributed by atoms with Gasteiger partial charge in [-0.2, -0.15) is 5.10 Å². The van der Waals surface area contributed by atoms with Crippen molar-refractivity contribution in [1.29, 1.82) is 0 Å². The summed E-state index contributed by atoms with van der Waals surface area (Å²) in [7, 11) is 0. The lowest BCUT2D eigenvalue weighted by molar-refractivity contribution is 0.534. The molecule has 0 saturated heterocycles. The second-order valence-electron chi connectivity index (χ2n) is 5.15. The fourth-order valence-corrected chi connectivity index (χ4v) is 3.79. The van der Waals surface area contributed by atoms with Crippen LogP contribution in [-0.4, -0.2) is 16.3 Å². The molecule has 0 radical (unpaired) electrons. The molecule has 0 aliphatic heterocycles. The number of aromatic nitrogens is 2. The Kier molecular flexibility index (Phi) is 4.36. The highest BCUT2D eigenvalue weighted by atomic mass is 32.1. The zero-order chi connectivity index (χ0) is 14.7. The van der Waals surface area contributed by atoms with Gasteiger partial charge in [0, 0.05) is 22.3 Å². The summed E-state index contributed by atoms with van der Waals surface area (Å²) in [5.41, 5.74) is 1.25. The molecule has 3 rings (SSSR count). The molecule has 0 spiro atoms. The maximum atomic E-state index is 4.42. The highest BCUT2D eigenvalue weighted by Crippen LogP contribution is 2.33. The summed E-state index contributed by atoms with van der Waals surface area (Å²) in [5, 5.41) is 9.42. The fraction of sp³-hybridized carbons (Fsp3) is 0.353. The van der Waals surface area contributed by atoms with Gasteiger partial charge in [0.1, 0.15) is 0 Å². The summed E-state index contributed by atoms with van der Waals surface area (Å²) in [5.74, 6) is 0. The molecule has 3 nitrogen and oxygen atoms in total. The second kappa shape index (κ2) is 6.41. The molecule has 0 saturated carbocycles. The molecular weight excluding hydrogens is 278 g/mol. The Bertz CT molecular complexity index is 680. The maximum Gasteiger partial charge on any atom is 0.0842 e. The van der Waals surface area contributed by atoms with E-state index in [9.17, 15) is 0 Å². The Labute approximate surface area is 129 Å². The van der Waals surface area contributed by atoms with Crippen LogP contribution < -0.4 is 5.32 Å². The van der Waals surface area contributed by atoms with Crippen LogP contribution in [-0.2, 0) is 6.54 Å². The van der Waals surface area contributed by atoms with Crippen LogP contribution in [0.1, 0.15) is 36.9 Å². The Balaban J connectivity index is 2.02. The summed E-state index contributed by atoms with van der Waals surface area (Å²) in [6, 6.07) is 13.2. The van der Waals surface area contributed by atoms with E-state index in [-0.39, 0.29) is 6.04 Å². The molecule has 0 bridgehead atoms. The van der Waals surface area contributed by atoms with Gasteiger partial charge in [0.25, 0.3) is 0 Å². The van der Waals surface area contributed by atoms with E-state index in [2.05, 4.69) is 65.3 Å². The van der Waals surface area contributed by atoms with Crippen molar-refractivity contribution < 1.29 is 0 Å². The van der Waals surface area contributed by atoms with Gasteiger partial charge in [-0.3, -0.25) is 4.68 Å². The average molecular weight is 299 g/mol. The van der Waals surface area contributed by atoms with Gasteiger partial charge in [0.2, 0.25) is 0 Å². The summed E-state index contributed by atoms with van der Waals surface area (Å²) in [6.45, 7) is 6.25. The molecule has 4 heteroatoms. The molecule has 1 aromatic carbocycles. The van der Waals surface area contributed by atoms with Crippen molar-refractivity contribution in [3.8, 4) is 0 Å². The first kappa shape index (κ1) is 14.3. The maximum absolute atomic E-state index is 4.42. The third-order valence-electron chi connectivity index (χ3n) is 3.67. The van der Waals surface area contributed by atoms with Gasteiger partial charge in [-0.25, -0.2) is 0 Å². The van der Waals surface area contributed by atoms with Crippen molar-refractivity contribution >= 4 is 21.4 Å². The number of thiophene rings is 1. The van der Waals surface area contributed by atoms with Gasteiger partial charge >= 0.3 is 0 Å². The van der Waals surface area contributed by atoms with E-state index in [1.807, 2.05) is 17.5 Å². The van der Waals surface area contributed by atoms with Crippen LogP contribution in [0.5, 0.6) is 0 Å². The van der Waals surface area contributed by atoms with E-state index < -0.39 is 0 Å². The van der Waals surface area contributed by atoms with E-state index in [4.69, 9.17) is 0 Å². The molecule has 1 unspecified atom stereocenters. The first-order chi connectivity index (χ1) is 10.3. The van der Waals surface area contributed by atoms with Crippen LogP contribution >= 0.6 is 11.3 Å². The predicted molar refractivity (Wildman–Crippen MR) is 89.9 cm³/mol. The van der Waals surface area contributed by atoms with Gasteiger partial charge in [-0.1, -0.05) is 25.1 Å². The zero-order valence-electron chi connectivity index (χ0n) is 12.5. The zero-order valence-corrected chi connectivity index (χ0v) is 13.4. The van der Waals surface area contributed by atoms with E-state index in [0.29, 0.717) is 0 Å². The van der Waals surface area contributed by atoms with E-state index >= 15 is 0 Å². The van der Waals surface area contributed by atoms with Crippen LogP contribution in [0.4, 0.5) is 0 Å². The molecule has 3 aromatic rings. The van der Waals surface area contributed by atoms with Gasteiger partial charge in [0.05, 0.1) is 11.7 Å². The van der Waals surface area contributed by atoms with Gasteiger partial charge < -0.3 is 5.32 Å². The Morgan fingerprint density at radius 3 is 2.86 bits per heavy atom. The first-order valence-electron chi connectivity index (χ1n) is 7.57. The number of hydrogen-bond acceptors (Lipinski definition) is 3. The smallest absolute Gasteiger partial charge is 0.0842 e. The van der Waals surface area contributed by atoms with Gasteiger partial charge in [-0.05, 0) is 43.5 Å². The fourth-order valence-electron chi connectivity index (χ4n) is 2.64. The summed E-state index contributed by atoms with van der Waals surface area (Å²) >= 11 is 1.87. The predicted octanol–water partition coefficient (Wildman–Crippen LogP) is 4.21. The largest absolute Gasteiger partial charge is 0.304 e. The topological polar surface area (TPSA) is 29.9 Å². The first-order valence-corrected chi connectivity index (χ1v) is 8.38. The molecule has 2 heterocycles. The van der Waals surface area contributed by atoms with Crippen molar-refractivity contribution in [1.82, 2.24) is 15.1 Å². The number of hydrogen-bond donors (Lipinski definition) is 1. The number of fused-ring (bicyclic) bond motifs is 1. The van der Waals surface area contributed by atoms with Crippen molar-refractivity contribution in [2.24, 2.45) is 0 Å². The SMILES string of the molecule is CCCNC(c1cc2ccccc2s1)c1ccnn1CC. The lowest BCUT2D eigenvalue weighted by atomic mass is 10.1. The molecule has 0 aliphatic carbocycles. The highest BCUT2D eigenvalue weighted by molar-refractivity contribution is 7.19. The monoisotopic (exact) mass is 299 g/mol. The van der Waals surface area contributed by atoms with Crippen molar-refractivity contribution in [2.45, 2.75) is 32.9 Å². The molecule has 1 N–H and O–H groups in total. The second-order valence-corrected chi connectivity index (χ2v) is 6.26. The molecule has 110 valence electrons. The van der Waals surface area contributed by atoms with Crippen LogP contribution in [0.3, 0.4) is 0 Å². The number of nitrogens with one attached hydrogen (secondary N) is 1. The molecule has 0 fully saturated rings. The molecule has 0 amide bonds. The Morgan fingerprint density at radius 2 is 2.10 bits per heavy atom. The standard InChI is InChI=1S/C17H21N3S/c1-3-10-18-17(14-9-11-19-20(14)4-2)16-12-13-7-5-6-8-15(13)21-16/h5-9,11-12,17-18H,3-4,10H2,1-2H3. The number of aryl methyl sites for hydroxylation is 1. The van der Waals surface area contributed by atoms with Crippen molar-refractivity contribution in [2.75, 3.05) is 6.54 Å². The van der Waals surface area contributed by atoms with Gasteiger partial charge in [0.15, 0.2) is 0 Å². The normalized spacial score (nSPS) is 12.9. The molecule has 21 heavy (non-hydrogen) atoms. The number of rotatable bonds is 6.